The van der Waals surface area contributed by atoms with Gasteiger partial charge in [0, 0.05) is 12.6 Å². The van der Waals surface area contributed by atoms with Crippen LogP contribution in [-0.2, 0) is 14.3 Å². The van der Waals surface area contributed by atoms with Gasteiger partial charge in [-0.05, 0) is 19.1 Å². The van der Waals surface area contributed by atoms with E-state index in [0.29, 0.717) is 5.56 Å². The second-order valence-electron chi connectivity index (χ2n) is 5.47. The van der Waals surface area contributed by atoms with Gasteiger partial charge in [-0.25, -0.2) is 9.59 Å². The quantitative estimate of drug-likeness (QED) is 0.652. The zero-order chi connectivity index (χ0) is 19.8. The summed E-state index contributed by atoms with van der Waals surface area (Å²) in [6, 6.07) is 9.38. The van der Waals surface area contributed by atoms with Gasteiger partial charge in [0.25, 0.3) is 11.8 Å². The summed E-state index contributed by atoms with van der Waals surface area (Å²) < 4.78 is 10.2. The first-order valence-electron chi connectivity index (χ1n) is 8.04. The molecular weight excluding hydrogens is 354 g/mol. The number of carbonyl (C=O) groups excluding carboxylic acids is 4. The molecule has 0 fully saturated rings. The molecule has 0 saturated carbocycles. The standard InChI is InChI=1S/C18H19N3O6/c1-11(20-15(22)13-9-6-10-26-13)17(24)27-14(12-7-4-3-5-8-12)16(23)21-18(25)19-2/h3-11,14H,1-2H3,(H,20,22)(H2,19,21,23,25)/t11-,14-/m0/s1. The Morgan fingerprint density at radius 1 is 1.04 bits per heavy atom. The number of carbonyl (C=O) groups is 4. The van der Waals surface area contributed by atoms with Crippen molar-refractivity contribution >= 4 is 23.8 Å². The van der Waals surface area contributed by atoms with Crippen LogP contribution in [0.2, 0.25) is 0 Å². The van der Waals surface area contributed by atoms with E-state index in [-0.39, 0.29) is 5.76 Å². The van der Waals surface area contributed by atoms with E-state index in [1.54, 1.807) is 30.3 Å². The number of imide groups is 1. The average Bonchev–Trinajstić information content (AvgIpc) is 3.21. The Bertz CT molecular complexity index is 804. The Balaban J connectivity index is 2.09. The second-order valence-corrected chi connectivity index (χ2v) is 5.47. The van der Waals surface area contributed by atoms with E-state index < -0.39 is 36.0 Å². The molecule has 1 aromatic heterocycles. The Morgan fingerprint density at radius 3 is 2.33 bits per heavy atom. The summed E-state index contributed by atoms with van der Waals surface area (Å²) >= 11 is 0. The van der Waals surface area contributed by atoms with E-state index in [2.05, 4.69) is 16.0 Å². The highest BCUT2D eigenvalue weighted by Gasteiger charge is 2.29. The molecule has 9 nitrogen and oxygen atoms in total. The lowest BCUT2D eigenvalue weighted by atomic mass is 10.1. The molecule has 2 atom stereocenters. The molecule has 4 amide bonds. The van der Waals surface area contributed by atoms with Gasteiger partial charge in [0.15, 0.2) is 5.76 Å². The molecule has 2 aromatic rings. The normalized spacial score (nSPS) is 12.4. The number of rotatable bonds is 6. The van der Waals surface area contributed by atoms with Gasteiger partial charge in [-0.3, -0.25) is 14.9 Å². The molecule has 0 aliphatic heterocycles. The summed E-state index contributed by atoms with van der Waals surface area (Å²) in [4.78, 5) is 48.0. The number of nitrogens with one attached hydrogen (secondary N) is 3. The minimum absolute atomic E-state index is 0.0339. The number of hydrogen-bond donors (Lipinski definition) is 3. The summed E-state index contributed by atoms with van der Waals surface area (Å²) in [7, 11) is 1.35. The number of ether oxygens (including phenoxy) is 1. The topological polar surface area (TPSA) is 127 Å². The van der Waals surface area contributed by atoms with E-state index in [1.165, 1.54) is 32.4 Å². The van der Waals surface area contributed by atoms with E-state index in [9.17, 15) is 19.2 Å². The highest BCUT2D eigenvalue weighted by Crippen LogP contribution is 2.18. The Labute approximate surface area is 155 Å². The fraction of sp³-hybridized carbons (Fsp3) is 0.222. The van der Waals surface area contributed by atoms with E-state index in [0.717, 1.165) is 0 Å². The van der Waals surface area contributed by atoms with Crippen LogP contribution in [0.5, 0.6) is 0 Å². The fourth-order valence-electron chi connectivity index (χ4n) is 2.09. The Kier molecular flexibility index (Phi) is 6.70. The molecule has 0 bridgehead atoms. The lowest BCUT2D eigenvalue weighted by Gasteiger charge is -2.20. The average molecular weight is 373 g/mol. The second kappa shape index (κ2) is 9.18. The zero-order valence-electron chi connectivity index (χ0n) is 14.7. The number of furan rings is 1. The number of esters is 1. The van der Waals surface area contributed by atoms with Crippen LogP contribution >= 0.6 is 0 Å². The van der Waals surface area contributed by atoms with Gasteiger partial charge in [0.2, 0.25) is 6.10 Å². The summed E-state index contributed by atoms with van der Waals surface area (Å²) in [5.41, 5.74) is 0.372. The molecule has 27 heavy (non-hydrogen) atoms. The fourth-order valence-corrected chi connectivity index (χ4v) is 2.09. The molecule has 0 aliphatic carbocycles. The predicted octanol–water partition coefficient (Wildman–Crippen LogP) is 1.14. The van der Waals surface area contributed by atoms with Gasteiger partial charge in [-0.1, -0.05) is 30.3 Å². The van der Waals surface area contributed by atoms with Crippen LogP contribution in [-0.4, -0.2) is 36.9 Å². The van der Waals surface area contributed by atoms with Crippen molar-refractivity contribution < 1.29 is 28.3 Å². The minimum Gasteiger partial charge on any atom is -0.459 e. The number of benzene rings is 1. The van der Waals surface area contributed by atoms with E-state index >= 15 is 0 Å². The molecule has 0 radical (unpaired) electrons. The molecule has 0 aliphatic rings. The van der Waals surface area contributed by atoms with Gasteiger partial charge < -0.3 is 19.8 Å². The number of hydrogen-bond acceptors (Lipinski definition) is 6. The molecule has 3 N–H and O–H groups in total. The summed E-state index contributed by atoms with van der Waals surface area (Å²) in [5.74, 6) is -2.24. The van der Waals surface area contributed by atoms with Crippen LogP contribution in [0.1, 0.15) is 29.1 Å². The van der Waals surface area contributed by atoms with Crippen molar-refractivity contribution in [3.8, 4) is 0 Å². The third kappa shape index (κ3) is 5.43. The Hall–Kier alpha value is -3.62. The van der Waals surface area contributed by atoms with Crippen molar-refractivity contribution in [2.75, 3.05) is 7.05 Å². The summed E-state index contributed by atoms with van der Waals surface area (Å²) in [5, 5.41) is 6.72. The largest absolute Gasteiger partial charge is 0.459 e. The molecule has 0 spiro atoms. The maximum atomic E-state index is 12.3. The molecule has 1 aromatic carbocycles. The van der Waals surface area contributed by atoms with Crippen molar-refractivity contribution in [3.63, 3.8) is 0 Å². The zero-order valence-corrected chi connectivity index (χ0v) is 14.7. The molecular formula is C18H19N3O6. The van der Waals surface area contributed by atoms with Crippen LogP contribution in [0.4, 0.5) is 4.79 Å². The first kappa shape index (κ1) is 19.7. The first-order valence-corrected chi connectivity index (χ1v) is 8.04. The summed E-state index contributed by atoms with van der Waals surface area (Å²) in [6.45, 7) is 1.40. The molecule has 0 saturated heterocycles. The maximum Gasteiger partial charge on any atom is 0.329 e. The third-order valence-electron chi connectivity index (χ3n) is 3.48. The van der Waals surface area contributed by atoms with E-state index in [1.807, 2.05) is 0 Å². The van der Waals surface area contributed by atoms with Gasteiger partial charge in [-0.15, -0.1) is 0 Å². The number of urea groups is 1. The van der Waals surface area contributed by atoms with Crippen LogP contribution < -0.4 is 16.0 Å². The van der Waals surface area contributed by atoms with Crippen molar-refractivity contribution in [2.45, 2.75) is 19.1 Å². The minimum atomic E-state index is -1.36. The third-order valence-corrected chi connectivity index (χ3v) is 3.48. The van der Waals surface area contributed by atoms with Gasteiger partial charge in [0.05, 0.1) is 6.26 Å². The first-order chi connectivity index (χ1) is 12.9. The van der Waals surface area contributed by atoms with Gasteiger partial charge in [-0.2, -0.15) is 0 Å². The van der Waals surface area contributed by atoms with Gasteiger partial charge >= 0.3 is 12.0 Å². The van der Waals surface area contributed by atoms with Crippen LogP contribution in [0, 0.1) is 0 Å². The lowest BCUT2D eigenvalue weighted by molar-refractivity contribution is -0.157. The SMILES string of the molecule is CNC(=O)NC(=O)[C@@H](OC(=O)[C@H](C)NC(=O)c1ccco1)c1ccccc1. The maximum absolute atomic E-state index is 12.3. The van der Waals surface area contributed by atoms with Crippen molar-refractivity contribution in [2.24, 2.45) is 0 Å². The summed E-state index contributed by atoms with van der Waals surface area (Å²) in [6.07, 6.45) is -0.0362. The Morgan fingerprint density at radius 2 is 1.74 bits per heavy atom. The monoisotopic (exact) mass is 373 g/mol. The van der Waals surface area contributed by atoms with Gasteiger partial charge in [0.1, 0.15) is 6.04 Å². The van der Waals surface area contributed by atoms with Crippen molar-refractivity contribution in [3.05, 3.63) is 60.1 Å². The molecule has 2 rings (SSSR count). The molecule has 142 valence electrons. The highest BCUT2D eigenvalue weighted by atomic mass is 16.5. The lowest BCUT2D eigenvalue weighted by Crippen LogP contribution is -2.44. The van der Waals surface area contributed by atoms with Crippen LogP contribution in [0.25, 0.3) is 0 Å². The van der Waals surface area contributed by atoms with Crippen molar-refractivity contribution in [1.82, 2.24) is 16.0 Å². The highest BCUT2D eigenvalue weighted by molar-refractivity contribution is 5.98. The molecule has 9 heteroatoms. The predicted molar refractivity (Wildman–Crippen MR) is 93.5 cm³/mol. The smallest absolute Gasteiger partial charge is 0.329 e. The van der Waals surface area contributed by atoms with E-state index in [4.69, 9.17) is 9.15 Å². The number of amides is 4. The molecule has 0 unspecified atom stereocenters. The van der Waals surface area contributed by atoms with Crippen LogP contribution in [0.15, 0.2) is 53.1 Å². The van der Waals surface area contributed by atoms with Crippen molar-refractivity contribution in [1.29, 1.82) is 0 Å². The molecule has 1 heterocycles. The van der Waals surface area contributed by atoms with Crippen LogP contribution in [0.3, 0.4) is 0 Å².